The molecule has 2 aliphatic carbocycles. The molecule has 2 aromatic heterocycles. The van der Waals surface area contributed by atoms with Gasteiger partial charge in [0.25, 0.3) is 10.9 Å². The molecular formula is C21H21F8N5O3S. The molecule has 2 fully saturated rings. The van der Waals surface area contributed by atoms with Gasteiger partial charge in [-0.15, -0.1) is 0 Å². The van der Waals surface area contributed by atoms with Gasteiger partial charge in [0, 0.05) is 43.7 Å². The monoisotopic (exact) mass is 575 g/mol. The summed E-state index contributed by atoms with van der Waals surface area (Å²) in [7, 11) is -3.62. The molecule has 4 rings (SSSR count). The first-order valence-electron chi connectivity index (χ1n) is 11.0. The first-order chi connectivity index (χ1) is 17.1. The summed E-state index contributed by atoms with van der Waals surface area (Å²) in [6.07, 6.45) is -10.6. The van der Waals surface area contributed by atoms with Gasteiger partial charge < -0.3 is 10.5 Å². The average molecular weight is 575 g/mol. The van der Waals surface area contributed by atoms with E-state index < -0.39 is 98.9 Å². The van der Waals surface area contributed by atoms with Crippen LogP contribution in [0.25, 0.3) is 0 Å². The third-order valence-corrected chi connectivity index (χ3v) is 7.58. The smallest absolute Gasteiger partial charge is 0.420 e. The molecule has 3 atom stereocenters. The van der Waals surface area contributed by atoms with Gasteiger partial charge in [-0.25, -0.2) is 17.8 Å². The lowest BCUT2D eigenvalue weighted by atomic mass is 9.67. The van der Waals surface area contributed by atoms with E-state index in [-0.39, 0.29) is 10.4 Å². The predicted octanol–water partition coefficient (Wildman–Crippen LogP) is 4.92. The molecule has 0 aromatic carbocycles. The van der Waals surface area contributed by atoms with E-state index in [4.69, 9.17) is 4.78 Å². The third kappa shape index (κ3) is 5.42. The number of hydrogen-bond donors (Lipinski definition) is 2. The SMILES string of the molecule is CC1(Cn2nc(C3CC3C(F)(F)F)c(C(F)(F)F)c2C(=O)Nc2cc[n+]([O-])c(S(C)(=N)=O)c2)CC(F)(F)C1. The Balaban J connectivity index is 1.80. The highest BCUT2D eigenvalue weighted by atomic mass is 32.2. The number of hydrogen-bond acceptors (Lipinski definition) is 5. The minimum absolute atomic E-state index is 0.0659. The van der Waals surface area contributed by atoms with E-state index in [1.165, 1.54) is 6.92 Å². The first kappa shape index (κ1) is 28.0. The standard InChI is InChI=1S/C21H21F8N5O3S/c1-18(7-19(22,23)8-18)9-33-16(17(35)31-10-3-4-34(36)13(5-10)38(2,30)37)14(21(27,28)29)15(32-33)11-6-12(11)20(24,25)26/h3-5,11-12,30H,6-9H2,1-2H3,(H,31,35). The van der Waals surface area contributed by atoms with Crippen LogP contribution in [0.3, 0.4) is 0 Å². The molecule has 0 saturated heterocycles. The molecular weight excluding hydrogens is 554 g/mol. The molecule has 2 saturated carbocycles. The van der Waals surface area contributed by atoms with Crippen LogP contribution in [0.15, 0.2) is 23.4 Å². The topological polar surface area (TPSA) is 115 Å². The van der Waals surface area contributed by atoms with Gasteiger partial charge in [-0.3, -0.25) is 9.48 Å². The lowest BCUT2D eigenvalue weighted by Crippen LogP contribution is -2.47. The number of alkyl halides is 8. The van der Waals surface area contributed by atoms with Crippen LogP contribution in [0.2, 0.25) is 0 Å². The zero-order chi connectivity index (χ0) is 28.6. The van der Waals surface area contributed by atoms with Crippen LogP contribution >= 0.6 is 0 Å². The number of nitrogens with one attached hydrogen (secondary N) is 2. The summed E-state index contributed by atoms with van der Waals surface area (Å²) in [6, 6.07) is 1.76. The van der Waals surface area contributed by atoms with Crippen LogP contribution in [-0.4, -0.2) is 38.3 Å². The summed E-state index contributed by atoms with van der Waals surface area (Å²) < 4.78 is 130. The van der Waals surface area contributed by atoms with Gasteiger partial charge in [-0.2, -0.15) is 36.2 Å². The number of carbonyl (C=O) groups excluding carboxylic acids is 1. The summed E-state index contributed by atoms with van der Waals surface area (Å²) in [4.78, 5) is 13.2. The van der Waals surface area contributed by atoms with Gasteiger partial charge in [-0.05, 0) is 11.8 Å². The first-order valence-corrected chi connectivity index (χ1v) is 13.0. The van der Waals surface area contributed by atoms with Gasteiger partial charge in [0.05, 0.1) is 17.3 Å². The molecule has 2 heterocycles. The Morgan fingerprint density at radius 3 is 2.37 bits per heavy atom. The summed E-state index contributed by atoms with van der Waals surface area (Å²) in [6.45, 7) is 0.729. The van der Waals surface area contributed by atoms with Crippen molar-refractivity contribution < 1.29 is 48.9 Å². The van der Waals surface area contributed by atoms with Crippen LogP contribution in [0.1, 0.15) is 53.8 Å². The summed E-state index contributed by atoms with van der Waals surface area (Å²) in [5, 5.41) is 17.0. The van der Waals surface area contributed by atoms with Crippen molar-refractivity contribution in [1.82, 2.24) is 9.78 Å². The fourth-order valence-corrected chi connectivity index (χ4v) is 5.67. The Morgan fingerprint density at radius 2 is 1.89 bits per heavy atom. The highest BCUT2D eigenvalue weighted by Gasteiger charge is 2.60. The molecule has 1 amide bonds. The maximum absolute atomic E-state index is 14.2. The largest absolute Gasteiger partial charge is 0.618 e. The number of carbonyl (C=O) groups is 1. The molecule has 2 aliphatic rings. The molecule has 0 bridgehead atoms. The molecule has 8 nitrogen and oxygen atoms in total. The Hall–Kier alpha value is -2.98. The van der Waals surface area contributed by atoms with Crippen molar-refractivity contribution in [2.24, 2.45) is 11.3 Å². The van der Waals surface area contributed by atoms with Crippen molar-refractivity contribution in [1.29, 1.82) is 4.78 Å². The molecule has 17 heteroatoms. The van der Waals surface area contributed by atoms with Crippen molar-refractivity contribution >= 4 is 21.3 Å². The van der Waals surface area contributed by atoms with Gasteiger partial charge in [0.15, 0.2) is 6.20 Å². The third-order valence-electron chi connectivity index (χ3n) is 6.49. The van der Waals surface area contributed by atoms with E-state index in [9.17, 15) is 49.3 Å². The van der Waals surface area contributed by atoms with Gasteiger partial charge in [0.2, 0.25) is 5.92 Å². The van der Waals surface area contributed by atoms with E-state index >= 15 is 0 Å². The van der Waals surface area contributed by atoms with E-state index in [1.54, 1.807) is 0 Å². The van der Waals surface area contributed by atoms with Crippen LogP contribution in [-0.2, 0) is 22.5 Å². The number of nitrogens with zero attached hydrogens (tertiary/aromatic N) is 3. The molecule has 210 valence electrons. The Morgan fingerprint density at radius 1 is 1.29 bits per heavy atom. The Bertz CT molecular complexity index is 1390. The Labute approximate surface area is 210 Å². The zero-order valence-electron chi connectivity index (χ0n) is 19.7. The fourth-order valence-electron chi connectivity index (χ4n) is 4.91. The maximum atomic E-state index is 14.2. The number of halogens is 8. The molecule has 2 N–H and O–H groups in total. The maximum Gasteiger partial charge on any atom is 0.420 e. The van der Waals surface area contributed by atoms with Crippen molar-refractivity contribution in [3.63, 3.8) is 0 Å². The molecule has 0 aliphatic heterocycles. The van der Waals surface area contributed by atoms with Crippen LogP contribution in [0.5, 0.6) is 0 Å². The number of aromatic nitrogens is 3. The van der Waals surface area contributed by atoms with Crippen molar-refractivity contribution in [2.45, 2.75) is 61.9 Å². The van der Waals surface area contributed by atoms with Crippen molar-refractivity contribution in [3.05, 3.63) is 40.5 Å². The number of pyridine rings is 1. The van der Waals surface area contributed by atoms with Gasteiger partial charge in [-0.1, -0.05) is 6.92 Å². The molecule has 0 radical (unpaired) electrons. The van der Waals surface area contributed by atoms with E-state index in [1.807, 2.05) is 0 Å². The minimum atomic E-state index is -5.33. The highest BCUT2D eigenvalue weighted by Crippen LogP contribution is 2.58. The number of anilines is 1. The number of rotatable bonds is 6. The second-order valence-corrected chi connectivity index (χ2v) is 12.3. The van der Waals surface area contributed by atoms with Crippen LogP contribution < -0.4 is 10.0 Å². The van der Waals surface area contributed by atoms with Crippen LogP contribution in [0.4, 0.5) is 40.8 Å². The van der Waals surface area contributed by atoms with E-state index in [0.29, 0.717) is 4.68 Å². The Kier molecular flexibility index (Phi) is 6.28. The lowest BCUT2D eigenvalue weighted by molar-refractivity contribution is -0.646. The normalized spacial score (nSPS) is 23.8. The van der Waals surface area contributed by atoms with Crippen LogP contribution in [0, 0.1) is 21.3 Å². The van der Waals surface area contributed by atoms with Crippen molar-refractivity contribution in [3.8, 4) is 0 Å². The molecule has 3 unspecified atom stereocenters. The summed E-state index contributed by atoms with van der Waals surface area (Å²) in [5.74, 6) is -8.36. The molecule has 2 aromatic rings. The minimum Gasteiger partial charge on any atom is -0.618 e. The summed E-state index contributed by atoms with van der Waals surface area (Å²) >= 11 is 0. The quantitative estimate of drug-likeness (QED) is 0.289. The molecule has 38 heavy (non-hydrogen) atoms. The fraction of sp³-hybridized carbons (Fsp3) is 0.571. The lowest BCUT2D eigenvalue weighted by Gasteiger charge is -2.44. The average Bonchev–Trinajstić information content (AvgIpc) is 3.41. The van der Waals surface area contributed by atoms with Gasteiger partial charge in [0.1, 0.15) is 21.0 Å². The zero-order valence-corrected chi connectivity index (χ0v) is 20.5. The van der Waals surface area contributed by atoms with Crippen molar-refractivity contribution in [2.75, 3.05) is 11.6 Å². The summed E-state index contributed by atoms with van der Waals surface area (Å²) in [5.41, 5.74) is -5.52. The second-order valence-electron chi connectivity index (χ2n) is 10.2. The van der Waals surface area contributed by atoms with E-state index in [0.717, 1.165) is 24.6 Å². The van der Waals surface area contributed by atoms with E-state index in [2.05, 4.69) is 10.4 Å². The highest BCUT2D eigenvalue weighted by molar-refractivity contribution is 7.91. The second kappa shape index (κ2) is 8.51. The molecule has 0 spiro atoms. The number of amides is 1. The predicted molar refractivity (Wildman–Crippen MR) is 115 cm³/mol. The van der Waals surface area contributed by atoms with Gasteiger partial charge >= 0.3 is 12.4 Å².